The van der Waals surface area contributed by atoms with Gasteiger partial charge >= 0.3 is 0 Å². The molecule has 0 nitrogen and oxygen atoms in total. The van der Waals surface area contributed by atoms with Crippen LogP contribution < -0.4 is 0 Å². The van der Waals surface area contributed by atoms with E-state index < -0.39 is 0 Å². The van der Waals surface area contributed by atoms with Crippen molar-refractivity contribution in [1.29, 1.82) is 0 Å². The summed E-state index contributed by atoms with van der Waals surface area (Å²) in [4.78, 5) is 0. The molecular weight excluding hydrogens is 120 g/mol. The van der Waals surface area contributed by atoms with Crippen LogP contribution >= 0.6 is 0 Å². The van der Waals surface area contributed by atoms with E-state index >= 15 is 0 Å². The minimum absolute atomic E-state index is 0.460. The standard InChI is InChI=1S/C10H17/c1-5-6-7-8-9-10(2,3)4/h6-9H2,2-4H3. The van der Waals surface area contributed by atoms with Crippen LogP contribution in [0.1, 0.15) is 46.5 Å². The molecule has 0 aliphatic rings. The van der Waals surface area contributed by atoms with Gasteiger partial charge < -0.3 is 0 Å². The van der Waals surface area contributed by atoms with Gasteiger partial charge in [-0.05, 0) is 24.7 Å². The minimum atomic E-state index is 0.460. The summed E-state index contributed by atoms with van der Waals surface area (Å²) < 4.78 is 0. The predicted octanol–water partition coefficient (Wildman–Crippen LogP) is 3.18. The normalized spacial score (nSPS) is 11.0. The molecule has 0 aromatic rings. The van der Waals surface area contributed by atoms with Crippen molar-refractivity contribution in [1.82, 2.24) is 0 Å². The highest BCUT2D eigenvalue weighted by molar-refractivity contribution is 4.75. The molecule has 0 spiro atoms. The quantitative estimate of drug-likeness (QED) is 0.414. The summed E-state index contributed by atoms with van der Waals surface area (Å²) in [6.45, 7) is 6.75. The average molecular weight is 137 g/mol. The van der Waals surface area contributed by atoms with Crippen LogP contribution in [0.3, 0.4) is 0 Å². The van der Waals surface area contributed by atoms with Crippen LogP contribution in [-0.4, -0.2) is 0 Å². The summed E-state index contributed by atoms with van der Waals surface area (Å²) >= 11 is 0. The second-order valence-corrected chi connectivity index (χ2v) is 3.94. The SMILES string of the molecule is [C]#CCCCCC(C)(C)C. The van der Waals surface area contributed by atoms with Crippen LogP contribution in [0.15, 0.2) is 0 Å². The zero-order valence-corrected chi connectivity index (χ0v) is 7.33. The summed E-state index contributed by atoms with van der Waals surface area (Å²) in [7, 11) is 0. The van der Waals surface area contributed by atoms with E-state index in [-0.39, 0.29) is 0 Å². The molecule has 0 N–H and O–H groups in total. The van der Waals surface area contributed by atoms with Gasteiger partial charge in [0.2, 0.25) is 0 Å². The van der Waals surface area contributed by atoms with Crippen LogP contribution in [0.5, 0.6) is 0 Å². The van der Waals surface area contributed by atoms with E-state index in [1.807, 2.05) is 0 Å². The third-order valence-corrected chi connectivity index (χ3v) is 1.48. The minimum Gasteiger partial charge on any atom is -0.0891 e. The summed E-state index contributed by atoms with van der Waals surface area (Å²) in [5.74, 6) is 2.40. The first-order chi connectivity index (χ1) is 4.56. The van der Waals surface area contributed by atoms with E-state index in [0.717, 1.165) is 12.8 Å². The fourth-order valence-corrected chi connectivity index (χ4v) is 0.869. The molecular formula is C10H17. The maximum Gasteiger partial charge on any atom is 0.00989 e. The second kappa shape index (κ2) is 4.39. The Morgan fingerprint density at radius 2 is 1.80 bits per heavy atom. The molecule has 0 saturated heterocycles. The maximum atomic E-state index is 6.69. The fraction of sp³-hybridized carbons (Fsp3) is 0.800. The molecule has 0 bridgehead atoms. The third-order valence-electron chi connectivity index (χ3n) is 1.48. The van der Waals surface area contributed by atoms with E-state index in [2.05, 4.69) is 26.7 Å². The molecule has 0 heteroatoms. The smallest absolute Gasteiger partial charge is 0.00989 e. The second-order valence-electron chi connectivity index (χ2n) is 3.94. The predicted molar refractivity (Wildman–Crippen MR) is 45.1 cm³/mol. The average Bonchev–Trinajstić information content (AvgIpc) is 1.78. The third kappa shape index (κ3) is 7.56. The molecule has 0 rings (SSSR count). The van der Waals surface area contributed by atoms with Crippen molar-refractivity contribution < 1.29 is 0 Å². The highest BCUT2D eigenvalue weighted by atomic mass is 14.1. The van der Waals surface area contributed by atoms with Gasteiger partial charge in [0.05, 0.1) is 0 Å². The first-order valence-electron chi connectivity index (χ1n) is 3.96. The molecule has 0 aliphatic heterocycles. The molecule has 0 aromatic carbocycles. The number of unbranched alkanes of at least 4 members (excludes halogenated alkanes) is 2. The van der Waals surface area contributed by atoms with Crippen LogP contribution in [0.4, 0.5) is 0 Å². The number of hydrogen-bond donors (Lipinski definition) is 0. The van der Waals surface area contributed by atoms with Gasteiger partial charge in [-0.1, -0.05) is 33.1 Å². The van der Waals surface area contributed by atoms with Gasteiger partial charge in [-0.2, -0.15) is 0 Å². The lowest BCUT2D eigenvalue weighted by Gasteiger charge is -2.16. The van der Waals surface area contributed by atoms with Gasteiger partial charge in [0, 0.05) is 6.42 Å². The Balaban J connectivity index is 3.14. The molecule has 0 heterocycles. The monoisotopic (exact) mass is 137 g/mol. The first kappa shape index (κ1) is 9.56. The maximum absolute atomic E-state index is 6.69. The number of hydrogen-bond acceptors (Lipinski definition) is 0. The topological polar surface area (TPSA) is 0 Å². The van der Waals surface area contributed by atoms with Crippen molar-refractivity contribution in [3.8, 4) is 5.92 Å². The molecule has 1 radical (unpaired) electrons. The molecule has 0 saturated carbocycles. The van der Waals surface area contributed by atoms with Crippen molar-refractivity contribution in [2.24, 2.45) is 5.41 Å². The van der Waals surface area contributed by atoms with Gasteiger partial charge in [0.15, 0.2) is 0 Å². The van der Waals surface area contributed by atoms with Crippen LogP contribution in [0.25, 0.3) is 0 Å². The van der Waals surface area contributed by atoms with Crippen LogP contribution in [0.2, 0.25) is 0 Å². The van der Waals surface area contributed by atoms with Crippen LogP contribution in [0, 0.1) is 17.8 Å². The Bertz CT molecular complexity index is 109. The lowest BCUT2D eigenvalue weighted by atomic mass is 9.89. The van der Waals surface area contributed by atoms with Crippen molar-refractivity contribution in [3.05, 3.63) is 6.42 Å². The summed E-state index contributed by atoms with van der Waals surface area (Å²) in [6, 6.07) is 0. The van der Waals surface area contributed by atoms with Crippen molar-refractivity contribution in [2.75, 3.05) is 0 Å². The fourth-order valence-electron chi connectivity index (χ4n) is 0.869. The van der Waals surface area contributed by atoms with Crippen LogP contribution in [-0.2, 0) is 0 Å². The Hall–Kier alpha value is -0.440. The highest BCUT2D eigenvalue weighted by Crippen LogP contribution is 2.21. The lowest BCUT2D eigenvalue weighted by molar-refractivity contribution is 0.361. The summed E-state index contributed by atoms with van der Waals surface area (Å²) in [6.07, 6.45) is 11.1. The van der Waals surface area contributed by atoms with E-state index in [4.69, 9.17) is 6.42 Å². The van der Waals surface area contributed by atoms with Gasteiger partial charge in [-0.25, -0.2) is 0 Å². The Kier molecular flexibility index (Phi) is 4.19. The lowest BCUT2D eigenvalue weighted by Crippen LogP contribution is -2.03. The van der Waals surface area contributed by atoms with E-state index in [1.54, 1.807) is 0 Å². The summed E-state index contributed by atoms with van der Waals surface area (Å²) in [5, 5.41) is 0. The highest BCUT2D eigenvalue weighted by Gasteiger charge is 2.07. The first-order valence-corrected chi connectivity index (χ1v) is 3.96. The van der Waals surface area contributed by atoms with E-state index in [1.165, 1.54) is 12.8 Å². The Morgan fingerprint density at radius 3 is 2.20 bits per heavy atom. The molecule has 0 fully saturated rings. The van der Waals surface area contributed by atoms with E-state index in [0.29, 0.717) is 5.41 Å². The zero-order valence-electron chi connectivity index (χ0n) is 7.33. The number of rotatable bonds is 3. The molecule has 0 atom stereocenters. The molecule has 0 aromatic heterocycles. The van der Waals surface area contributed by atoms with Crippen molar-refractivity contribution in [3.63, 3.8) is 0 Å². The summed E-state index contributed by atoms with van der Waals surface area (Å²) in [5.41, 5.74) is 0.460. The Labute approximate surface area is 65.0 Å². The molecule has 0 amide bonds. The Morgan fingerprint density at radius 1 is 1.20 bits per heavy atom. The zero-order chi connectivity index (χ0) is 8.04. The van der Waals surface area contributed by atoms with Gasteiger partial charge in [-0.15, -0.1) is 0 Å². The van der Waals surface area contributed by atoms with Gasteiger partial charge in [-0.3, -0.25) is 0 Å². The largest absolute Gasteiger partial charge is 0.0891 e. The molecule has 0 unspecified atom stereocenters. The van der Waals surface area contributed by atoms with Gasteiger partial charge in [0.1, 0.15) is 0 Å². The molecule has 0 aliphatic carbocycles. The van der Waals surface area contributed by atoms with Gasteiger partial charge in [0.25, 0.3) is 0 Å². The molecule has 57 valence electrons. The van der Waals surface area contributed by atoms with E-state index in [9.17, 15) is 0 Å². The molecule has 10 heavy (non-hydrogen) atoms. The van der Waals surface area contributed by atoms with Crippen molar-refractivity contribution in [2.45, 2.75) is 46.5 Å². The van der Waals surface area contributed by atoms with Crippen molar-refractivity contribution >= 4 is 0 Å².